The van der Waals surface area contributed by atoms with E-state index < -0.39 is 30.4 Å². The molecule has 7 nitrogen and oxygen atoms in total. The number of hydrogen-bond donors (Lipinski definition) is 0. The van der Waals surface area contributed by atoms with Crippen LogP contribution in [0.1, 0.15) is 39.1 Å². The van der Waals surface area contributed by atoms with Crippen molar-refractivity contribution in [2.75, 3.05) is 6.54 Å². The highest BCUT2D eigenvalue weighted by molar-refractivity contribution is 5.90. The molecule has 4 rings (SSSR count). The summed E-state index contributed by atoms with van der Waals surface area (Å²) >= 11 is 0. The fourth-order valence-corrected chi connectivity index (χ4v) is 3.72. The summed E-state index contributed by atoms with van der Waals surface area (Å²) in [4.78, 5) is 39.8. The number of esters is 2. The van der Waals surface area contributed by atoms with Crippen LogP contribution in [0.4, 0.5) is 4.79 Å². The first-order valence-corrected chi connectivity index (χ1v) is 11.1. The summed E-state index contributed by atoms with van der Waals surface area (Å²) in [5, 5.41) is 0. The van der Waals surface area contributed by atoms with Gasteiger partial charge in [-0.1, -0.05) is 66.7 Å². The maximum atomic E-state index is 13.0. The minimum absolute atomic E-state index is 0.0734. The zero-order valence-corrected chi connectivity index (χ0v) is 18.5. The summed E-state index contributed by atoms with van der Waals surface area (Å²) in [6, 6.07) is 26.3. The number of amides is 1. The topological polar surface area (TPSA) is 82.1 Å². The highest BCUT2D eigenvalue weighted by Crippen LogP contribution is 2.25. The molecule has 2 unspecified atom stereocenters. The fraction of sp³-hybridized carbons (Fsp3) is 0.222. The molecule has 0 N–H and O–H groups in total. The van der Waals surface area contributed by atoms with Gasteiger partial charge in [-0.3, -0.25) is 4.90 Å². The third-order valence-electron chi connectivity index (χ3n) is 5.46. The lowest BCUT2D eigenvalue weighted by atomic mass is 10.1. The Balaban J connectivity index is 1.52. The Morgan fingerprint density at radius 3 is 1.85 bits per heavy atom. The lowest BCUT2D eigenvalue weighted by molar-refractivity contribution is -0.113. The molecule has 0 saturated carbocycles. The number of piperidine rings is 1. The van der Waals surface area contributed by atoms with Crippen molar-refractivity contribution in [1.82, 2.24) is 4.90 Å². The van der Waals surface area contributed by atoms with Crippen LogP contribution in [-0.2, 0) is 20.8 Å². The van der Waals surface area contributed by atoms with Gasteiger partial charge in [0, 0.05) is 6.54 Å². The van der Waals surface area contributed by atoms with E-state index >= 15 is 0 Å². The molecule has 0 aromatic heterocycles. The van der Waals surface area contributed by atoms with Gasteiger partial charge < -0.3 is 14.2 Å². The number of nitrogens with zero attached hydrogens (tertiary/aromatic N) is 1. The molecule has 1 fully saturated rings. The average Bonchev–Trinajstić information content (AvgIpc) is 2.89. The van der Waals surface area contributed by atoms with E-state index in [9.17, 15) is 14.4 Å². The van der Waals surface area contributed by atoms with Crippen molar-refractivity contribution >= 4 is 18.0 Å². The maximum absolute atomic E-state index is 13.0. The number of carbonyl (C=O) groups excluding carboxylic acids is 3. The summed E-state index contributed by atoms with van der Waals surface area (Å²) in [7, 11) is 0. The van der Waals surface area contributed by atoms with Crippen molar-refractivity contribution in [3.8, 4) is 0 Å². The normalized spacial score (nSPS) is 17.5. The van der Waals surface area contributed by atoms with Crippen molar-refractivity contribution in [3.05, 3.63) is 108 Å². The molecule has 0 spiro atoms. The van der Waals surface area contributed by atoms with E-state index in [0.717, 1.165) is 5.56 Å². The van der Waals surface area contributed by atoms with E-state index in [1.54, 1.807) is 60.7 Å². The lowest BCUT2D eigenvalue weighted by Crippen LogP contribution is -2.54. The summed E-state index contributed by atoms with van der Waals surface area (Å²) in [6.45, 7) is 0.379. The molecule has 1 aliphatic rings. The average molecular weight is 459 g/mol. The van der Waals surface area contributed by atoms with E-state index in [2.05, 4.69) is 0 Å². The van der Waals surface area contributed by atoms with Gasteiger partial charge in [-0.2, -0.15) is 0 Å². The van der Waals surface area contributed by atoms with Gasteiger partial charge in [-0.25, -0.2) is 14.4 Å². The molecule has 34 heavy (non-hydrogen) atoms. The Kier molecular flexibility index (Phi) is 7.55. The van der Waals surface area contributed by atoms with E-state index in [1.807, 2.05) is 30.3 Å². The predicted molar refractivity (Wildman–Crippen MR) is 124 cm³/mol. The van der Waals surface area contributed by atoms with Crippen LogP contribution in [0.5, 0.6) is 0 Å². The van der Waals surface area contributed by atoms with Gasteiger partial charge in [0.05, 0.1) is 11.1 Å². The minimum atomic E-state index is -1.11. The minimum Gasteiger partial charge on any atom is -0.453 e. The lowest BCUT2D eigenvalue weighted by Gasteiger charge is -2.38. The van der Waals surface area contributed by atoms with E-state index in [4.69, 9.17) is 14.2 Å². The summed E-state index contributed by atoms with van der Waals surface area (Å²) < 4.78 is 16.9. The van der Waals surface area contributed by atoms with Gasteiger partial charge in [-0.05, 0) is 42.7 Å². The molecular weight excluding hydrogens is 434 g/mol. The molecular formula is C27H25NO6. The van der Waals surface area contributed by atoms with Crippen LogP contribution >= 0.6 is 0 Å². The summed E-state index contributed by atoms with van der Waals surface area (Å²) in [5.41, 5.74) is 1.54. The van der Waals surface area contributed by atoms with Crippen LogP contribution in [0.3, 0.4) is 0 Å². The number of benzene rings is 3. The number of hydrogen-bond acceptors (Lipinski definition) is 6. The highest BCUT2D eigenvalue weighted by atomic mass is 16.6. The second-order valence-electron chi connectivity index (χ2n) is 7.85. The van der Waals surface area contributed by atoms with Gasteiger partial charge >= 0.3 is 18.0 Å². The smallest absolute Gasteiger partial charge is 0.413 e. The van der Waals surface area contributed by atoms with Crippen molar-refractivity contribution in [3.63, 3.8) is 0 Å². The molecule has 1 aliphatic heterocycles. The summed E-state index contributed by atoms with van der Waals surface area (Å²) in [6.07, 6.45) is -1.59. The van der Waals surface area contributed by atoms with Crippen molar-refractivity contribution < 1.29 is 28.6 Å². The zero-order chi connectivity index (χ0) is 23.8. The quantitative estimate of drug-likeness (QED) is 0.388. The zero-order valence-electron chi connectivity index (χ0n) is 18.5. The molecule has 1 amide bonds. The second-order valence-corrected chi connectivity index (χ2v) is 7.85. The SMILES string of the molecule is O=C(OC1CCCN(C(=O)OCc2ccccc2)C1OC(=O)c1ccccc1)c1ccccc1. The van der Waals surface area contributed by atoms with Crippen molar-refractivity contribution in [2.45, 2.75) is 31.8 Å². The number of likely N-dealkylation sites (tertiary alicyclic amines) is 1. The third-order valence-corrected chi connectivity index (χ3v) is 5.46. The largest absolute Gasteiger partial charge is 0.453 e. The second kappa shape index (κ2) is 11.1. The van der Waals surface area contributed by atoms with E-state index in [-0.39, 0.29) is 6.61 Å². The molecule has 1 saturated heterocycles. The molecule has 1 heterocycles. The first-order valence-electron chi connectivity index (χ1n) is 11.1. The van der Waals surface area contributed by atoms with Gasteiger partial charge in [0.1, 0.15) is 6.61 Å². The van der Waals surface area contributed by atoms with Gasteiger partial charge in [-0.15, -0.1) is 0 Å². The first-order chi connectivity index (χ1) is 16.6. The number of rotatable bonds is 6. The van der Waals surface area contributed by atoms with Crippen LogP contribution in [-0.4, -0.2) is 41.8 Å². The van der Waals surface area contributed by atoms with Crippen LogP contribution in [0.25, 0.3) is 0 Å². The molecule has 2 atom stereocenters. The van der Waals surface area contributed by atoms with Gasteiger partial charge in [0.15, 0.2) is 6.10 Å². The molecule has 0 bridgehead atoms. The monoisotopic (exact) mass is 459 g/mol. The van der Waals surface area contributed by atoms with Crippen molar-refractivity contribution in [2.24, 2.45) is 0 Å². The van der Waals surface area contributed by atoms with Crippen LogP contribution in [0.15, 0.2) is 91.0 Å². The van der Waals surface area contributed by atoms with E-state index in [1.165, 1.54) is 4.90 Å². The predicted octanol–water partition coefficient (Wildman–Crippen LogP) is 4.83. The van der Waals surface area contributed by atoms with E-state index in [0.29, 0.717) is 30.5 Å². The molecule has 3 aromatic rings. The Morgan fingerprint density at radius 1 is 0.735 bits per heavy atom. The fourth-order valence-electron chi connectivity index (χ4n) is 3.72. The standard InChI is InChI=1S/C27H25NO6/c29-25(21-13-6-2-7-14-21)33-23-17-10-18-28(27(31)32-19-20-11-4-1-5-12-20)24(23)34-26(30)22-15-8-3-9-16-22/h1-9,11-16,23-24H,10,17-19H2. The Bertz CT molecular complexity index is 1100. The Labute approximate surface area is 197 Å². The molecule has 174 valence electrons. The van der Waals surface area contributed by atoms with Crippen LogP contribution in [0.2, 0.25) is 0 Å². The van der Waals surface area contributed by atoms with Gasteiger partial charge in [0.25, 0.3) is 0 Å². The molecule has 0 aliphatic carbocycles. The number of carbonyl (C=O) groups is 3. The Hall–Kier alpha value is -4.13. The third kappa shape index (κ3) is 5.81. The summed E-state index contributed by atoms with van der Waals surface area (Å²) in [5.74, 6) is -1.17. The molecule has 3 aromatic carbocycles. The van der Waals surface area contributed by atoms with Crippen LogP contribution < -0.4 is 0 Å². The van der Waals surface area contributed by atoms with Gasteiger partial charge in [0.2, 0.25) is 6.23 Å². The first kappa shape index (κ1) is 23.0. The highest BCUT2D eigenvalue weighted by Gasteiger charge is 2.41. The maximum Gasteiger partial charge on any atom is 0.413 e. The number of ether oxygens (including phenoxy) is 3. The van der Waals surface area contributed by atoms with Crippen LogP contribution in [0, 0.1) is 0 Å². The molecule has 7 heteroatoms. The van der Waals surface area contributed by atoms with Crippen molar-refractivity contribution in [1.29, 1.82) is 0 Å². The molecule has 0 radical (unpaired) electrons. The Morgan fingerprint density at radius 2 is 1.26 bits per heavy atom.